The molecule has 0 saturated carbocycles. The number of hydrogen-bond acceptors (Lipinski definition) is 4. The van der Waals surface area contributed by atoms with Gasteiger partial charge in [0.05, 0.1) is 17.9 Å². The van der Waals surface area contributed by atoms with Crippen LogP contribution >= 0.6 is 0 Å². The molecule has 0 aliphatic heterocycles. The second-order valence-corrected chi connectivity index (χ2v) is 9.11. The summed E-state index contributed by atoms with van der Waals surface area (Å²) >= 11 is 0. The van der Waals surface area contributed by atoms with Crippen molar-refractivity contribution in [2.75, 3.05) is 0 Å². The summed E-state index contributed by atoms with van der Waals surface area (Å²) in [4.78, 5) is 16.4. The summed E-state index contributed by atoms with van der Waals surface area (Å²) in [5, 5.41) is 2.89. The molecule has 1 amide bonds. The normalized spacial score (nSPS) is 12.8. The maximum Gasteiger partial charge on any atom is 0.394 e. The second-order valence-electron chi connectivity index (χ2n) is 8.21. The lowest BCUT2D eigenvalue weighted by Crippen LogP contribution is -2.30. The fraction of sp³-hybridized carbons (Fsp3) is 0.333. The van der Waals surface area contributed by atoms with E-state index in [2.05, 4.69) is 43.2 Å². The molecule has 3 rings (SSSR count). The molecule has 32 heavy (non-hydrogen) atoms. The summed E-state index contributed by atoms with van der Waals surface area (Å²) < 4.78 is 60.4. The molecule has 0 aliphatic rings. The van der Waals surface area contributed by atoms with E-state index in [-0.39, 0.29) is 29.4 Å². The van der Waals surface area contributed by atoms with Crippen LogP contribution in [0.1, 0.15) is 44.9 Å². The first kappa shape index (κ1) is 25.4. The highest BCUT2D eigenvalue weighted by Gasteiger charge is 2.17. The Morgan fingerprint density at radius 1 is 1.12 bits per heavy atom. The van der Waals surface area contributed by atoms with E-state index >= 15 is 0 Å². The summed E-state index contributed by atoms with van der Waals surface area (Å²) in [6.45, 7) is 8.18. The van der Waals surface area contributed by atoms with Crippen LogP contribution in [-0.2, 0) is 27.2 Å². The van der Waals surface area contributed by atoms with Gasteiger partial charge in [-0.2, -0.15) is 8.42 Å². The number of halogens is 2. The molecule has 0 spiro atoms. The lowest BCUT2D eigenvalue weighted by atomic mass is 9.86. The average molecular weight is 470 g/mol. The van der Waals surface area contributed by atoms with Crippen LogP contribution in [0.25, 0.3) is 11.0 Å². The minimum absolute atomic E-state index is 0.00710. The van der Waals surface area contributed by atoms with E-state index in [0.717, 1.165) is 11.6 Å². The highest BCUT2D eigenvalue weighted by atomic mass is 32.3. The van der Waals surface area contributed by atoms with Gasteiger partial charge < -0.3 is 9.88 Å². The SMILES string of the molecule is C[C@H](NC(=O)Cn1cnc2ccc(F)c(F)c21)c1ccc(C(C)(C)C)cc1.O=S(=O)(O)O. The van der Waals surface area contributed by atoms with Gasteiger partial charge in [0.1, 0.15) is 12.1 Å². The molecule has 0 fully saturated rings. The van der Waals surface area contributed by atoms with Gasteiger partial charge in [0, 0.05) is 0 Å². The number of nitrogens with zero attached hydrogens (tertiary/aromatic N) is 2. The second kappa shape index (κ2) is 9.72. The molecule has 3 N–H and O–H groups in total. The predicted molar refractivity (Wildman–Crippen MR) is 116 cm³/mol. The van der Waals surface area contributed by atoms with E-state index in [1.165, 1.54) is 22.5 Å². The standard InChI is InChI=1S/C21H23F2N3O.H2O4S/c1-13(14-5-7-15(8-6-14)21(2,3)4)25-18(27)11-26-12-24-17-10-9-16(22)19(23)20(17)26;1-5(2,3)4/h5-10,12-13H,11H2,1-4H3,(H,25,27);(H2,1,2,3,4)/t13-;/m0./s1. The molecule has 0 bridgehead atoms. The van der Waals surface area contributed by atoms with Gasteiger partial charge in [0.15, 0.2) is 11.6 Å². The van der Waals surface area contributed by atoms with Gasteiger partial charge >= 0.3 is 10.4 Å². The van der Waals surface area contributed by atoms with Crippen LogP contribution in [0.2, 0.25) is 0 Å². The number of imidazole rings is 1. The van der Waals surface area contributed by atoms with Crippen LogP contribution in [0.5, 0.6) is 0 Å². The number of fused-ring (bicyclic) bond motifs is 1. The molecule has 1 heterocycles. The van der Waals surface area contributed by atoms with Crippen molar-refractivity contribution in [1.82, 2.24) is 14.9 Å². The molecule has 2 aromatic carbocycles. The molecule has 0 radical (unpaired) electrons. The zero-order valence-corrected chi connectivity index (χ0v) is 18.8. The number of amides is 1. The third kappa shape index (κ3) is 7.08. The largest absolute Gasteiger partial charge is 0.394 e. The van der Waals surface area contributed by atoms with E-state index in [1.807, 2.05) is 19.1 Å². The maximum atomic E-state index is 14.0. The Kier molecular flexibility index (Phi) is 7.70. The van der Waals surface area contributed by atoms with E-state index in [0.29, 0.717) is 5.52 Å². The molecule has 0 aliphatic carbocycles. The third-order valence-corrected chi connectivity index (χ3v) is 4.64. The van der Waals surface area contributed by atoms with Crippen molar-refractivity contribution in [3.05, 3.63) is 65.5 Å². The minimum Gasteiger partial charge on any atom is -0.348 e. The number of nitrogens with one attached hydrogen (secondary N) is 1. The molecule has 0 saturated heterocycles. The van der Waals surface area contributed by atoms with Gasteiger partial charge in [-0.3, -0.25) is 13.9 Å². The Labute approximate surface area is 184 Å². The topological polar surface area (TPSA) is 122 Å². The fourth-order valence-corrected chi connectivity index (χ4v) is 3.01. The molecule has 1 aromatic heterocycles. The minimum atomic E-state index is -4.67. The maximum absolute atomic E-state index is 14.0. The van der Waals surface area contributed by atoms with Crippen LogP contribution in [0.15, 0.2) is 42.7 Å². The Balaban J connectivity index is 0.000000654. The summed E-state index contributed by atoms with van der Waals surface area (Å²) in [7, 11) is -4.67. The number of carbonyl (C=O) groups excluding carboxylic acids is 1. The zero-order valence-electron chi connectivity index (χ0n) is 18.0. The third-order valence-electron chi connectivity index (χ3n) is 4.64. The van der Waals surface area contributed by atoms with Crippen molar-refractivity contribution in [2.24, 2.45) is 0 Å². The average Bonchev–Trinajstić information content (AvgIpc) is 3.06. The number of carbonyl (C=O) groups is 1. The van der Waals surface area contributed by atoms with E-state index in [9.17, 15) is 13.6 Å². The Bertz CT molecular complexity index is 1190. The molecule has 3 aromatic rings. The van der Waals surface area contributed by atoms with Gasteiger partial charge in [0.2, 0.25) is 5.91 Å². The molecule has 1 atom stereocenters. The van der Waals surface area contributed by atoms with Crippen molar-refractivity contribution in [3.63, 3.8) is 0 Å². The Morgan fingerprint density at radius 3 is 2.22 bits per heavy atom. The molecular weight excluding hydrogens is 444 g/mol. The molecule has 0 unspecified atom stereocenters. The van der Waals surface area contributed by atoms with Crippen LogP contribution in [-0.4, -0.2) is 33.0 Å². The van der Waals surface area contributed by atoms with Crippen LogP contribution < -0.4 is 5.32 Å². The first-order valence-electron chi connectivity index (χ1n) is 9.55. The molecule has 174 valence electrons. The van der Waals surface area contributed by atoms with Crippen LogP contribution in [0.4, 0.5) is 8.78 Å². The first-order chi connectivity index (χ1) is 14.7. The summed E-state index contributed by atoms with van der Waals surface area (Å²) in [6, 6.07) is 10.3. The van der Waals surface area contributed by atoms with Gasteiger partial charge in [0.25, 0.3) is 0 Å². The van der Waals surface area contributed by atoms with Crippen LogP contribution in [0, 0.1) is 11.6 Å². The van der Waals surface area contributed by atoms with Crippen molar-refractivity contribution < 1.29 is 31.1 Å². The quantitative estimate of drug-likeness (QED) is 0.499. The van der Waals surface area contributed by atoms with E-state index < -0.39 is 22.0 Å². The Morgan fingerprint density at radius 2 is 1.69 bits per heavy atom. The van der Waals surface area contributed by atoms with Gasteiger partial charge in [-0.15, -0.1) is 0 Å². The number of benzene rings is 2. The highest BCUT2D eigenvalue weighted by molar-refractivity contribution is 7.79. The molecule has 8 nitrogen and oxygen atoms in total. The zero-order chi connectivity index (χ0) is 24.3. The van der Waals surface area contributed by atoms with Crippen molar-refractivity contribution in [2.45, 2.75) is 45.7 Å². The summed E-state index contributed by atoms with van der Waals surface area (Å²) in [6.07, 6.45) is 1.34. The van der Waals surface area contributed by atoms with Gasteiger partial charge in [-0.05, 0) is 35.6 Å². The van der Waals surface area contributed by atoms with E-state index in [1.54, 1.807) is 0 Å². The predicted octanol–water partition coefficient (Wildman–Crippen LogP) is 3.84. The number of hydrogen-bond donors (Lipinski definition) is 3. The van der Waals surface area contributed by atoms with Crippen LogP contribution in [0.3, 0.4) is 0 Å². The van der Waals surface area contributed by atoms with Crippen molar-refractivity contribution in [1.29, 1.82) is 0 Å². The smallest absolute Gasteiger partial charge is 0.348 e. The lowest BCUT2D eigenvalue weighted by molar-refractivity contribution is -0.122. The number of aromatic nitrogens is 2. The molecule has 11 heteroatoms. The highest BCUT2D eigenvalue weighted by Crippen LogP contribution is 2.24. The van der Waals surface area contributed by atoms with Crippen molar-refractivity contribution in [3.8, 4) is 0 Å². The summed E-state index contributed by atoms with van der Waals surface area (Å²) in [5.41, 5.74) is 2.56. The summed E-state index contributed by atoms with van der Waals surface area (Å²) in [5.74, 6) is -2.26. The monoisotopic (exact) mass is 469 g/mol. The fourth-order valence-electron chi connectivity index (χ4n) is 3.01. The van der Waals surface area contributed by atoms with Gasteiger partial charge in [-0.25, -0.2) is 13.8 Å². The van der Waals surface area contributed by atoms with Gasteiger partial charge in [-0.1, -0.05) is 45.0 Å². The van der Waals surface area contributed by atoms with E-state index in [4.69, 9.17) is 17.5 Å². The lowest BCUT2D eigenvalue weighted by Gasteiger charge is -2.21. The Hall–Kier alpha value is -2.89. The van der Waals surface area contributed by atoms with Crippen molar-refractivity contribution >= 4 is 27.3 Å². The molecular formula is C21H25F2N3O5S. The first-order valence-corrected chi connectivity index (χ1v) is 10.9. The number of rotatable bonds is 4.